The molecule has 3 aromatic carbocycles. The molecule has 0 saturated heterocycles. The summed E-state index contributed by atoms with van der Waals surface area (Å²) in [5.74, 6) is -0.305. The van der Waals surface area contributed by atoms with E-state index in [1.165, 1.54) is 24.3 Å². The average molecular weight is 482 g/mol. The quantitative estimate of drug-likeness (QED) is 0.307. The van der Waals surface area contributed by atoms with Crippen LogP contribution in [0.3, 0.4) is 0 Å². The molecule has 6 rings (SSSR count). The third kappa shape index (κ3) is 3.82. The molecule has 36 heavy (non-hydrogen) atoms. The fourth-order valence-electron chi connectivity index (χ4n) is 4.33. The third-order valence-corrected chi connectivity index (χ3v) is 6.07. The van der Waals surface area contributed by atoms with Gasteiger partial charge < -0.3 is 19.0 Å². The van der Waals surface area contributed by atoms with Crippen LogP contribution in [0, 0.1) is 5.82 Å². The molecule has 0 aliphatic carbocycles. The van der Waals surface area contributed by atoms with E-state index >= 15 is 0 Å². The number of ketones is 1. The summed E-state index contributed by atoms with van der Waals surface area (Å²) in [5, 5.41) is 7.23. The highest BCUT2D eigenvalue weighted by Gasteiger charge is 2.25. The number of para-hydroxylation sites is 1. The Labute approximate surface area is 204 Å². The number of nitrogens with zero attached hydrogens (tertiary/aromatic N) is 1. The van der Waals surface area contributed by atoms with Crippen molar-refractivity contribution in [2.45, 2.75) is 19.4 Å². The molecule has 1 amide bonds. The van der Waals surface area contributed by atoms with Gasteiger partial charge in [0.2, 0.25) is 5.78 Å². The lowest BCUT2D eigenvalue weighted by molar-refractivity contribution is 0.101. The van der Waals surface area contributed by atoms with Crippen LogP contribution in [0.1, 0.15) is 39.1 Å². The molecular weight excluding hydrogens is 463 g/mol. The van der Waals surface area contributed by atoms with Gasteiger partial charge in [-0.15, -0.1) is 0 Å². The Morgan fingerprint density at radius 3 is 2.67 bits per heavy atom. The Morgan fingerprint density at radius 2 is 1.83 bits per heavy atom. The predicted octanol–water partition coefficient (Wildman–Crippen LogP) is 6.03. The van der Waals surface area contributed by atoms with Gasteiger partial charge in [0, 0.05) is 29.0 Å². The molecule has 0 saturated carbocycles. The largest absolute Gasteiger partial charge is 0.490 e. The molecule has 8 heteroatoms. The van der Waals surface area contributed by atoms with Crippen LogP contribution in [-0.2, 0) is 6.42 Å². The van der Waals surface area contributed by atoms with Crippen molar-refractivity contribution in [2.24, 2.45) is 0 Å². The van der Waals surface area contributed by atoms with Crippen LogP contribution in [0.4, 0.5) is 10.1 Å². The van der Waals surface area contributed by atoms with Gasteiger partial charge in [-0.3, -0.25) is 9.59 Å². The first-order valence-electron chi connectivity index (χ1n) is 11.4. The van der Waals surface area contributed by atoms with E-state index in [4.69, 9.17) is 13.7 Å². The van der Waals surface area contributed by atoms with Crippen molar-refractivity contribution in [1.29, 1.82) is 0 Å². The predicted molar refractivity (Wildman–Crippen MR) is 130 cm³/mol. The fourth-order valence-corrected chi connectivity index (χ4v) is 4.33. The van der Waals surface area contributed by atoms with Crippen LogP contribution in [0.15, 0.2) is 81.7 Å². The van der Waals surface area contributed by atoms with Crippen LogP contribution in [0.25, 0.3) is 22.3 Å². The number of ether oxygens (including phenoxy) is 1. The number of carbonyl (C=O) groups excluding carboxylic acids is 2. The first kappa shape index (κ1) is 21.8. The summed E-state index contributed by atoms with van der Waals surface area (Å²) in [4.78, 5) is 26.3. The van der Waals surface area contributed by atoms with Crippen molar-refractivity contribution in [3.63, 3.8) is 0 Å². The Kier molecular flexibility index (Phi) is 5.14. The lowest BCUT2D eigenvalue weighted by Gasteiger charge is -2.04. The second-order valence-electron chi connectivity index (χ2n) is 8.62. The van der Waals surface area contributed by atoms with Gasteiger partial charge in [0.25, 0.3) is 5.91 Å². The second kappa shape index (κ2) is 8.49. The number of aromatic nitrogens is 1. The van der Waals surface area contributed by atoms with Crippen LogP contribution >= 0.6 is 0 Å². The first-order valence-corrected chi connectivity index (χ1v) is 11.4. The number of anilines is 1. The number of nitrogens with one attached hydrogen (secondary N) is 1. The van der Waals surface area contributed by atoms with E-state index in [1.807, 2.05) is 25.1 Å². The van der Waals surface area contributed by atoms with Gasteiger partial charge in [-0.25, -0.2) is 4.39 Å². The number of halogens is 1. The van der Waals surface area contributed by atoms with E-state index < -0.39 is 17.5 Å². The van der Waals surface area contributed by atoms with E-state index in [0.29, 0.717) is 16.7 Å². The van der Waals surface area contributed by atoms with Gasteiger partial charge in [0.05, 0.1) is 5.69 Å². The summed E-state index contributed by atoms with van der Waals surface area (Å²) in [6, 6.07) is 19.3. The molecule has 0 fully saturated rings. The number of amides is 1. The topological polar surface area (TPSA) is 94.6 Å². The van der Waals surface area contributed by atoms with E-state index in [9.17, 15) is 14.0 Å². The zero-order chi connectivity index (χ0) is 24.8. The van der Waals surface area contributed by atoms with Crippen molar-refractivity contribution in [1.82, 2.24) is 5.16 Å². The van der Waals surface area contributed by atoms with E-state index in [2.05, 4.69) is 10.5 Å². The SMILES string of the molecule is CC1Cc2cc(-c3cc(C(=O)Nc4c(C(=O)c5ccc(F)cc5)oc5ccccc45)no3)ccc2O1. The summed E-state index contributed by atoms with van der Waals surface area (Å²) in [6.45, 7) is 2.01. The van der Waals surface area contributed by atoms with Crippen molar-refractivity contribution >= 4 is 28.3 Å². The molecule has 3 heterocycles. The molecule has 1 aliphatic rings. The molecular formula is C28H19FN2O5. The fraction of sp³-hybridized carbons (Fsp3) is 0.107. The summed E-state index contributed by atoms with van der Waals surface area (Å²) in [7, 11) is 0. The normalized spacial score (nSPS) is 14.4. The Morgan fingerprint density at radius 1 is 1.03 bits per heavy atom. The zero-order valence-electron chi connectivity index (χ0n) is 19.1. The first-order chi connectivity index (χ1) is 17.5. The lowest BCUT2D eigenvalue weighted by atomic mass is 10.1. The van der Waals surface area contributed by atoms with Gasteiger partial charge in [0.1, 0.15) is 23.3 Å². The highest BCUT2D eigenvalue weighted by molar-refractivity contribution is 6.18. The molecule has 0 bridgehead atoms. The number of carbonyl (C=O) groups is 2. The van der Waals surface area contributed by atoms with Crippen molar-refractivity contribution in [2.75, 3.05) is 5.32 Å². The van der Waals surface area contributed by atoms with Crippen molar-refractivity contribution in [3.8, 4) is 17.1 Å². The van der Waals surface area contributed by atoms with Gasteiger partial charge >= 0.3 is 0 Å². The number of fused-ring (bicyclic) bond motifs is 2. The third-order valence-electron chi connectivity index (χ3n) is 6.07. The van der Waals surface area contributed by atoms with Gasteiger partial charge in [0.15, 0.2) is 17.2 Å². The van der Waals surface area contributed by atoms with Gasteiger partial charge in [-0.2, -0.15) is 0 Å². The molecule has 2 aromatic heterocycles. The summed E-state index contributed by atoms with van der Waals surface area (Å²) in [5.41, 5.74) is 2.74. The molecule has 1 unspecified atom stereocenters. The maximum absolute atomic E-state index is 13.4. The Hall–Kier alpha value is -4.72. The molecule has 178 valence electrons. The van der Waals surface area contributed by atoms with Crippen LogP contribution in [0.5, 0.6) is 5.75 Å². The van der Waals surface area contributed by atoms with Gasteiger partial charge in [-0.1, -0.05) is 17.3 Å². The molecule has 0 radical (unpaired) electrons. The highest BCUT2D eigenvalue weighted by Crippen LogP contribution is 2.35. The molecule has 7 nitrogen and oxygen atoms in total. The number of rotatable bonds is 5. The Bertz CT molecular complexity index is 1630. The lowest BCUT2D eigenvalue weighted by Crippen LogP contribution is -2.14. The van der Waals surface area contributed by atoms with E-state index in [-0.39, 0.29) is 28.8 Å². The molecule has 5 aromatic rings. The minimum absolute atomic E-state index is 0.0422. The number of hydrogen-bond donors (Lipinski definition) is 1. The van der Waals surface area contributed by atoms with Crippen LogP contribution < -0.4 is 10.1 Å². The monoisotopic (exact) mass is 482 g/mol. The standard InChI is InChI=1S/C28H19FN2O5/c1-15-12-18-13-17(8-11-22(18)34-15)24-14-21(31-36-24)28(33)30-25-20-4-2-3-5-23(20)35-27(25)26(32)16-6-9-19(29)10-7-16/h2-11,13-15H,12H2,1H3,(H,30,33). The average Bonchev–Trinajstić information content (AvgIpc) is 3.60. The van der Waals surface area contributed by atoms with Crippen molar-refractivity contribution < 1.29 is 27.7 Å². The Balaban J connectivity index is 1.31. The van der Waals surface area contributed by atoms with Crippen LogP contribution in [-0.4, -0.2) is 23.0 Å². The molecule has 1 atom stereocenters. The summed E-state index contributed by atoms with van der Waals surface area (Å²) in [6.07, 6.45) is 0.909. The van der Waals surface area contributed by atoms with Gasteiger partial charge in [-0.05, 0) is 67.1 Å². The van der Waals surface area contributed by atoms with E-state index in [0.717, 1.165) is 23.3 Å². The minimum atomic E-state index is -0.567. The summed E-state index contributed by atoms with van der Waals surface area (Å²) >= 11 is 0. The minimum Gasteiger partial charge on any atom is -0.490 e. The zero-order valence-corrected chi connectivity index (χ0v) is 19.1. The number of hydrogen-bond acceptors (Lipinski definition) is 6. The maximum Gasteiger partial charge on any atom is 0.277 e. The highest BCUT2D eigenvalue weighted by atomic mass is 19.1. The molecule has 1 aliphatic heterocycles. The van der Waals surface area contributed by atoms with Crippen molar-refractivity contribution in [3.05, 3.63) is 101 Å². The van der Waals surface area contributed by atoms with E-state index in [1.54, 1.807) is 30.3 Å². The van der Waals surface area contributed by atoms with Crippen LogP contribution in [0.2, 0.25) is 0 Å². The maximum atomic E-state index is 13.4. The summed E-state index contributed by atoms with van der Waals surface area (Å²) < 4.78 is 30.3. The number of furan rings is 1. The molecule has 0 spiro atoms. The second-order valence-corrected chi connectivity index (χ2v) is 8.62. The molecule has 1 N–H and O–H groups in total. The number of benzene rings is 3. The smallest absolute Gasteiger partial charge is 0.277 e.